The normalized spacial score (nSPS) is 10.1. The second kappa shape index (κ2) is 24.0. The van der Waals surface area contributed by atoms with Gasteiger partial charge in [-0.15, -0.1) is 0 Å². The van der Waals surface area contributed by atoms with Crippen LogP contribution < -0.4 is 11.3 Å². The molecule has 0 saturated heterocycles. The van der Waals surface area contributed by atoms with Crippen LogP contribution >= 0.6 is 11.6 Å². The third kappa shape index (κ3) is 13.3. The van der Waals surface area contributed by atoms with Gasteiger partial charge in [0.25, 0.3) is 0 Å². The smallest absolute Gasteiger partial charge is 0.478 e. The molecule has 23 nitrogen and oxygen atoms in total. The van der Waals surface area contributed by atoms with Gasteiger partial charge >= 0.3 is 26.2 Å². The maximum absolute atomic E-state index is 10.8. The fraction of sp³-hybridized carbons (Fsp3) is 0.0732. The molecule has 10 rings (SSSR count). The van der Waals surface area contributed by atoms with Crippen molar-refractivity contribution in [3.63, 3.8) is 0 Å². The number of aromatic amines is 3. The highest BCUT2D eigenvalue weighted by atomic mass is 35.5. The number of hydrogen-bond acceptors (Lipinski definition) is 18. The summed E-state index contributed by atoms with van der Waals surface area (Å²) in [6.45, 7) is 4.25. The Kier molecular flexibility index (Phi) is 17.7. The van der Waals surface area contributed by atoms with Crippen LogP contribution in [0.3, 0.4) is 0 Å². The number of carbonyl (C=O) groups excluding carboxylic acids is 2. The Bertz CT molecular complexity index is 3000. The molecule has 0 atom stereocenters. The van der Waals surface area contributed by atoms with Crippen molar-refractivity contribution in [1.29, 1.82) is 0 Å². The number of carboxylic acid groups (broad SMARTS) is 2. The summed E-state index contributed by atoms with van der Waals surface area (Å²) in [4.78, 5) is 74.4. The van der Waals surface area contributed by atoms with E-state index in [0.717, 1.165) is 34.3 Å². The lowest BCUT2D eigenvalue weighted by molar-refractivity contribution is 0.0685. The number of nitrogens with zero attached hydrogens (tertiary/aromatic N) is 6. The molecule has 0 amide bonds. The van der Waals surface area contributed by atoms with Crippen LogP contribution in [0.2, 0.25) is 5.15 Å². The lowest BCUT2D eigenvalue weighted by Crippen LogP contribution is -2.27. The van der Waals surface area contributed by atoms with Crippen molar-refractivity contribution in [2.24, 2.45) is 0 Å². The van der Waals surface area contributed by atoms with Crippen LogP contribution in [0.1, 0.15) is 61.7 Å². The summed E-state index contributed by atoms with van der Waals surface area (Å²) in [5.41, 5.74) is 4.03. The van der Waals surface area contributed by atoms with Gasteiger partial charge in [-0.2, -0.15) is 0 Å². The van der Waals surface area contributed by atoms with Gasteiger partial charge in [-0.3, -0.25) is 9.59 Å². The van der Waals surface area contributed by atoms with E-state index in [9.17, 15) is 19.2 Å². The van der Waals surface area contributed by atoms with E-state index >= 15 is 0 Å². The van der Waals surface area contributed by atoms with Crippen molar-refractivity contribution in [1.82, 2.24) is 44.9 Å². The van der Waals surface area contributed by atoms with Crippen molar-refractivity contribution in [2.75, 3.05) is 0 Å². The molecule has 10 aromatic heterocycles. The van der Waals surface area contributed by atoms with Gasteiger partial charge in [0.1, 0.15) is 88.8 Å². The van der Waals surface area contributed by atoms with Gasteiger partial charge in [-0.25, -0.2) is 39.5 Å². The van der Waals surface area contributed by atoms with Gasteiger partial charge in [0.2, 0.25) is 0 Å². The van der Waals surface area contributed by atoms with Crippen molar-refractivity contribution < 1.29 is 67.2 Å². The zero-order valence-corrected chi connectivity index (χ0v) is 35.6. The SMILES string of the molecule is CCC.Clc1ncnc2[nH]ccc12.O=C(O)c1coc(-c2ncnc3[nH]ccc23)c1.O=C(O)c1coc(-c2ncnc3[nH]ccc23)c1.O=Cc1coc(B(O)O)c1.O=Cc1coc(B(O)O)c1. The van der Waals surface area contributed by atoms with Gasteiger partial charge in [0.15, 0.2) is 24.1 Å². The summed E-state index contributed by atoms with van der Waals surface area (Å²) < 4.78 is 19.6. The largest absolute Gasteiger partial charge is 0.526 e. The number of H-pyrrole nitrogens is 3. The third-order valence-corrected chi connectivity index (χ3v) is 8.54. The number of fused-ring (bicyclic) bond motifs is 3. The first-order valence-corrected chi connectivity index (χ1v) is 19.6. The maximum atomic E-state index is 10.8. The summed E-state index contributed by atoms with van der Waals surface area (Å²) >= 11 is 5.73. The van der Waals surface area contributed by atoms with Gasteiger partial charge in [-0.1, -0.05) is 31.9 Å². The minimum Gasteiger partial charge on any atom is -0.478 e. The number of aromatic nitrogens is 9. The van der Waals surface area contributed by atoms with Gasteiger partial charge in [-0.05, 0) is 30.3 Å². The number of rotatable bonds is 8. The molecule has 67 heavy (non-hydrogen) atoms. The van der Waals surface area contributed by atoms with Crippen LogP contribution in [-0.4, -0.2) is 114 Å². The average molecular weight is 936 g/mol. The fourth-order valence-electron chi connectivity index (χ4n) is 5.25. The first-order chi connectivity index (χ1) is 32.3. The zero-order chi connectivity index (χ0) is 48.5. The predicted molar refractivity (Wildman–Crippen MR) is 240 cm³/mol. The van der Waals surface area contributed by atoms with Crippen molar-refractivity contribution in [2.45, 2.75) is 20.3 Å². The molecule has 10 heterocycles. The highest BCUT2D eigenvalue weighted by molar-refractivity contribution is 6.57. The first kappa shape index (κ1) is 49.5. The Morgan fingerprint density at radius 3 is 1.27 bits per heavy atom. The van der Waals surface area contributed by atoms with E-state index in [1.165, 1.54) is 62.2 Å². The highest BCUT2D eigenvalue weighted by Gasteiger charge is 2.17. The van der Waals surface area contributed by atoms with Crippen molar-refractivity contribution in [3.8, 4) is 22.9 Å². The van der Waals surface area contributed by atoms with E-state index in [4.69, 9.17) is 50.7 Å². The molecule has 0 radical (unpaired) electrons. The quantitative estimate of drug-likeness (QED) is 0.0579. The number of nitrogens with one attached hydrogen (secondary N) is 3. The number of furan rings is 4. The van der Waals surface area contributed by atoms with Crippen LogP contribution in [0.4, 0.5) is 0 Å². The molecule has 10 aromatic rings. The first-order valence-electron chi connectivity index (χ1n) is 19.2. The third-order valence-electron chi connectivity index (χ3n) is 8.23. The number of aldehydes is 2. The van der Waals surface area contributed by atoms with E-state index in [-0.39, 0.29) is 22.4 Å². The predicted octanol–water partition coefficient (Wildman–Crippen LogP) is 4.40. The molecule has 0 aliphatic heterocycles. The van der Waals surface area contributed by atoms with Crippen molar-refractivity contribution >= 4 is 94.8 Å². The molecular formula is C41H36B2ClN9O14. The van der Waals surface area contributed by atoms with Gasteiger partial charge in [0, 0.05) is 41.5 Å². The van der Waals surface area contributed by atoms with Crippen LogP contribution in [0.15, 0.2) is 123 Å². The summed E-state index contributed by atoms with van der Waals surface area (Å²) in [6.07, 6.45) is 16.6. The Balaban J connectivity index is 0.000000158. The Morgan fingerprint density at radius 1 is 0.582 bits per heavy atom. The number of aromatic carboxylic acids is 2. The molecule has 0 spiro atoms. The summed E-state index contributed by atoms with van der Waals surface area (Å²) in [5, 5.41) is 54.5. The van der Waals surface area contributed by atoms with E-state index in [2.05, 4.69) is 67.5 Å². The molecule has 0 fully saturated rings. The molecule has 342 valence electrons. The Hall–Kier alpha value is -8.48. The molecular weight excluding hydrogens is 900 g/mol. The summed E-state index contributed by atoms with van der Waals surface area (Å²) in [6, 6.07) is 10.9. The second-order valence-corrected chi connectivity index (χ2v) is 13.5. The van der Waals surface area contributed by atoms with E-state index < -0.39 is 26.2 Å². The van der Waals surface area contributed by atoms with E-state index in [0.29, 0.717) is 63.1 Å². The van der Waals surface area contributed by atoms with Crippen LogP contribution in [-0.2, 0) is 0 Å². The molecule has 0 saturated carbocycles. The zero-order valence-electron chi connectivity index (χ0n) is 34.8. The van der Waals surface area contributed by atoms with Crippen LogP contribution in [0.25, 0.3) is 56.0 Å². The lowest BCUT2D eigenvalue weighted by atomic mass is 9.88. The molecule has 0 aliphatic carbocycles. The topological polar surface area (TPSA) is 367 Å². The van der Waals surface area contributed by atoms with Crippen LogP contribution in [0, 0.1) is 0 Å². The minimum absolute atomic E-state index is 0.0258. The van der Waals surface area contributed by atoms with Gasteiger partial charge in [0.05, 0.1) is 27.6 Å². The monoisotopic (exact) mass is 935 g/mol. The fourth-order valence-corrected chi connectivity index (χ4v) is 5.45. The van der Waals surface area contributed by atoms with Crippen molar-refractivity contribution in [3.05, 3.63) is 132 Å². The summed E-state index contributed by atoms with van der Waals surface area (Å²) in [7, 11) is -3.29. The van der Waals surface area contributed by atoms with E-state index in [1.54, 1.807) is 18.6 Å². The number of hydrogen-bond donors (Lipinski definition) is 9. The lowest BCUT2D eigenvalue weighted by Gasteiger charge is -1.96. The number of carbonyl (C=O) groups is 4. The number of carboxylic acids is 2. The highest BCUT2D eigenvalue weighted by Crippen LogP contribution is 2.27. The Labute approximate surface area is 381 Å². The van der Waals surface area contributed by atoms with Gasteiger partial charge < -0.3 is 62.9 Å². The van der Waals surface area contributed by atoms with Crippen LogP contribution in [0.5, 0.6) is 0 Å². The average Bonchev–Trinajstić information content (AvgIpc) is 4.18. The Morgan fingerprint density at radius 2 is 0.955 bits per heavy atom. The molecule has 26 heteroatoms. The van der Waals surface area contributed by atoms with E-state index in [1.807, 2.05) is 18.2 Å². The molecule has 9 N–H and O–H groups in total. The minimum atomic E-state index is -1.64. The number of halogens is 1. The molecule has 0 bridgehead atoms. The maximum Gasteiger partial charge on any atom is 0.526 e. The second-order valence-electron chi connectivity index (χ2n) is 13.1. The standard InChI is InChI=1S/2C11H7N3O3.C6H4ClN3.2C5H5BO4.C3H8/c2*15-11(16)6-3-8(17-4-6)9-7-1-2-12-10(7)14-5-13-9;7-5-4-1-2-8-6(4)10-3-9-5;2*7-2-4-1-5(6(8)9)10-3-4;1-3-2/h2*1-5H,(H,15,16)(H,12,13,14);1-3H,(H,8,9,10);2*1-3,8-9H;3H2,1-2H3. The molecule has 0 aromatic carbocycles. The summed E-state index contributed by atoms with van der Waals surface area (Å²) in [5.74, 6) is -1.23. The molecule has 0 unspecified atom stereocenters. The molecule has 0 aliphatic rings.